The molecule has 176 valence electrons. The van der Waals surface area contributed by atoms with Crippen molar-refractivity contribution in [1.82, 2.24) is 15.0 Å². The number of pyridine rings is 1. The van der Waals surface area contributed by atoms with Gasteiger partial charge in [-0.3, -0.25) is 9.78 Å². The monoisotopic (exact) mass is 484 g/mol. The van der Waals surface area contributed by atoms with Gasteiger partial charge in [-0.25, -0.2) is 4.98 Å². The third-order valence-electron chi connectivity index (χ3n) is 6.02. The lowest BCUT2D eigenvalue weighted by Gasteiger charge is -2.18. The summed E-state index contributed by atoms with van der Waals surface area (Å²) in [5.41, 5.74) is 6.66. The molecule has 4 aromatic rings. The number of benzene rings is 2. The summed E-state index contributed by atoms with van der Waals surface area (Å²) in [6.07, 6.45) is 5.66. The van der Waals surface area contributed by atoms with Crippen molar-refractivity contribution in [2.75, 3.05) is 22.6 Å². The molecule has 1 aliphatic rings. The molecule has 0 atom stereocenters. The Morgan fingerprint density at radius 1 is 0.971 bits per heavy atom. The van der Waals surface area contributed by atoms with Crippen molar-refractivity contribution < 1.29 is 4.79 Å². The highest BCUT2D eigenvalue weighted by molar-refractivity contribution is 6.33. The Bertz CT molecular complexity index is 1390. The first-order valence-electron chi connectivity index (χ1n) is 11.5. The maximum Gasteiger partial charge on any atom is 0.229 e. The summed E-state index contributed by atoms with van der Waals surface area (Å²) < 4.78 is 0. The molecule has 2 N–H and O–H groups in total. The quantitative estimate of drug-likeness (QED) is 0.346. The predicted octanol–water partition coefficient (Wildman–Crippen LogP) is 6.29. The smallest absolute Gasteiger partial charge is 0.229 e. The van der Waals surface area contributed by atoms with Crippen molar-refractivity contribution in [3.05, 3.63) is 83.1 Å². The predicted molar refractivity (Wildman–Crippen MR) is 141 cm³/mol. The van der Waals surface area contributed by atoms with Crippen LogP contribution in [0.3, 0.4) is 0 Å². The Kier molecular flexibility index (Phi) is 6.33. The Hall–Kier alpha value is -3.97. The number of hydrogen-bond donors (Lipinski definition) is 2. The van der Waals surface area contributed by atoms with Crippen LogP contribution in [0.1, 0.15) is 24.0 Å². The highest BCUT2D eigenvalue weighted by atomic mass is 35.5. The van der Waals surface area contributed by atoms with Gasteiger partial charge in [-0.1, -0.05) is 35.9 Å². The standard InChI is InChI=1S/C27H25ClN6O/c1-17-10-12-22(29-15-17)20-7-3-4-8-23(20)32-26-21(28)16-30-27(33-26)31-19-11-13-24-18(14-19)6-5-9-25(35)34(24)2/h3-4,7-8,10-16H,5-6,9H2,1-2H3,(H2,30,31,32,33). The van der Waals surface area contributed by atoms with E-state index in [0.717, 1.165) is 52.3 Å². The van der Waals surface area contributed by atoms with Gasteiger partial charge in [-0.15, -0.1) is 0 Å². The summed E-state index contributed by atoms with van der Waals surface area (Å²) in [5, 5.41) is 7.02. The van der Waals surface area contributed by atoms with E-state index in [-0.39, 0.29) is 5.91 Å². The average molecular weight is 485 g/mol. The normalized spacial score (nSPS) is 13.2. The minimum atomic E-state index is 0.141. The van der Waals surface area contributed by atoms with Crippen LogP contribution in [0.2, 0.25) is 5.02 Å². The lowest BCUT2D eigenvalue weighted by Crippen LogP contribution is -2.24. The lowest BCUT2D eigenvalue weighted by molar-refractivity contribution is -0.118. The molecule has 0 radical (unpaired) electrons. The van der Waals surface area contributed by atoms with Crippen LogP contribution in [0, 0.1) is 6.92 Å². The van der Waals surface area contributed by atoms with Crippen LogP contribution in [0.4, 0.5) is 28.8 Å². The maximum absolute atomic E-state index is 12.2. The van der Waals surface area contributed by atoms with E-state index in [2.05, 4.69) is 25.6 Å². The molecule has 2 aromatic heterocycles. The van der Waals surface area contributed by atoms with E-state index in [1.807, 2.05) is 74.8 Å². The summed E-state index contributed by atoms with van der Waals surface area (Å²) in [5.74, 6) is 1.05. The van der Waals surface area contributed by atoms with Gasteiger partial charge >= 0.3 is 0 Å². The molecule has 1 amide bonds. The number of hydrogen-bond acceptors (Lipinski definition) is 6. The van der Waals surface area contributed by atoms with Crippen LogP contribution >= 0.6 is 11.6 Å². The SMILES string of the molecule is Cc1ccc(-c2ccccc2Nc2nc(Nc3ccc4c(c3)CCCC(=O)N4C)ncc2Cl)nc1. The summed E-state index contributed by atoms with van der Waals surface area (Å²) in [7, 11) is 1.82. The summed E-state index contributed by atoms with van der Waals surface area (Å²) in [4.78, 5) is 27.4. The molecule has 3 heterocycles. The zero-order valence-corrected chi connectivity index (χ0v) is 20.3. The van der Waals surface area contributed by atoms with Gasteiger partial charge in [0, 0.05) is 42.3 Å². The lowest BCUT2D eigenvalue weighted by atomic mass is 10.1. The fraction of sp³-hybridized carbons (Fsp3) is 0.185. The first kappa shape index (κ1) is 22.8. The molecule has 0 unspecified atom stereocenters. The van der Waals surface area contributed by atoms with Gasteiger partial charge in [-0.2, -0.15) is 4.98 Å². The van der Waals surface area contributed by atoms with E-state index < -0.39 is 0 Å². The fourth-order valence-corrected chi connectivity index (χ4v) is 4.28. The molecular formula is C27H25ClN6O. The molecule has 0 saturated heterocycles. The van der Waals surface area contributed by atoms with E-state index in [9.17, 15) is 4.79 Å². The zero-order chi connectivity index (χ0) is 24.4. The van der Waals surface area contributed by atoms with Crippen LogP contribution in [-0.2, 0) is 11.2 Å². The van der Waals surface area contributed by atoms with Crippen LogP contribution in [-0.4, -0.2) is 27.9 Å². The number of amides is 1. The minimum Gasteiger partial charge on any atom is -0.338 e. The van der Waals surface area contributed by atoms with Crippen molar-refractivity contribution in [1.29, 1.82) is 0 Å². The minimum absolute atomic E-state index is 0.141. The third kappa shape index (κ3) is 4.95. The zero-order valence-electron chi connectivity index (χ0n) is 19.5. The number of aromatic nitrogens is 3. The summed E-state index contributed by atoms with van der Waals surface area (Å²) in [6, 6.07) is 17.9. The molecule has 7 nitrogen and oxygen atoms in total. The van der Waals surface area contributed by atoms with E-state index in [1.165, 1.54) is 0 Å². The highest BCUT2D eigenvalue weighted by Crippen LogP contribution is 2.33. The van der Waals surface area contributed by atoms with E-state index in [1.54, 1.807) is 11.1 Å². The number of para-hydroxylation sites is 1. The molecule has 35 heavy (non-hydrogen) atoms. The summed E-state index contributed by atoms with van der Waals surface area (Å²) in [6.45, 7) is 2.01. The highest BCUT2D eigenvalue weighted by Gasteiger charge is 2.19. The second kappa shape index (κ2) is 9.72. The van der Waals surface area contributed by atoms with Gasteiger partial charge < -0.3 is 15.5 Å². The van der Waals surface area contributed by atoms with E-state index in [4.69, 9.17) is 11.6 Å². The van der Waals surface area contributed by atoms with Crippen molar-refractivity contribution in [2.24, 2.45) is 0 Å². The van der Waals surface area contributed by atoms with Crippen molar-refractivity contribution in [2.45, 2.75) is 26.2 Å². The second-order valence-corrected chi connectivity index (χ2v) is 8.96. The van der Waals surface area contributed by atoms with E-state index >= 15 is 0 Å². The van der Waals surface area contributed by atoms with E-state index in [0.29, 0.717) is 23.2 Å². The second-order valence-electron chi connectivity index (χ2n) is 8.56. The number of carbonyl (C=O) groups excluding carboxylic acids is 1. The molecule has 0 bridgehead atoms. The van der Waals surface area contributed by atoms with Crippen molar-refractivity contribution in [3.63, 3.8) is 0 Å². The molecule has 1 aliphatic heterocycles. The van der Waals surface area contributed by atoms with Gasteiger partial charge in [0.1, 0.15) is 5.02 Å². The van der Waals surface area contributed by atoms with Gasteiger partial charge in [0.15, 0.2) is 5.82 Å². The van der Waals surface area contributed by atoms with Gasteiger partial charge in [0.2, 0.25) is 11.9 Å². The first-order chi connectivity index (χ1) is 17.0. The summed E-state index contributed by atoms with van der Waals surface area (Å²) >= 11 is 6.44. The number of rotatable bonds is 5. The number of nitrogens with zero attached hydrogens (tertiary/aromatic N) is 4. The van der Waals surface area contributed by atoms with Crippen LogP contribution < -0.4 is 15.5 Å². The van der Waals surface area contributed by atoms with Gasteiger partial charge in [-0.05, 0) is 61.2 Å². The van der Waals surface area contributed by atoms with Crippen LogP contribution in [0.25, 0.3) is 11.3 Å². The third-order valence-corrected chi connectivity index (χ3v) is 6.30. The topological polar surface area (TPSA) is 83.0 Å². The number of nitrogens with one attached hydrogen (secondary N) is 2. The van der Waals surface area contributed by atoms with Crippen LogP contribution in [0.15, 0.2) is 67.0 Å². The molecule has 5 rings (SSSR count). The molecular weight excluding hydrogens is 460 g/mol. The van der Waals surface area contributed by atoms with Gasteiger partial charge in [0.05, 0.1) is 11.9 Å². The molecule has 8 heteroatoms. The van der Waals surface area contributed by atoms with Crippen molar-refractivity contribution >= 4 is 46.3 Å². The molecule has 0 aliphatic carbocycles. The fourth-order valence-electron chi connectivity index (χ4n) is 4.14. The number of halogens is 1. The Morgan fingerprint density at radius 2 is 1.83 bits per heavy atom. The maximum atomic E-state index is 12.2. The number of carbonyl (C=O) groups is 1. The Morgan fingerprint density at radius 3 is 2.66 bits per heavy atom. The molecule has 2 aromatic carbocycles. The van der Waals surface area contributed by atoms with Crippen LogP contribution in [0.5, 0.6) is 0 Å². The Labute approximate surface area is 209 Å². The molecule has 0 spiro atoms. The van der Waals surface area contributed by atoms with Gasteiger partial charge in [0.25, 0.3) is 0 Å². The molecule has 0 fully saturated rings. The number of fused-ring (bicyclic) bond motifs is 1. The first-order valence-corrected chi connectivity index (χ1v) is 11.8. The van der Waals surface area contributed by atoms with Crippen molar-refractivity contribution in [3.8, 4) is 11.3 Å². The Balaban J connectivity index is 1.41. The largest absolute Gasteiger partial charge is 0.338 e. The molecule has 0 saturated carbocycles. The average Bonchev–Trinajstić information content (AvgIpc) is 3.00. The number of aryl methyl sites for hydroxylation is 2. The number of anilines is 5.